The third-order valence-electron chi connectivity index (χ3n) is 20.0. The van der Waals surface area contributed by atoms with E-state index in [1.54, 1.807) is 0 Å². The van der Waals surface area contributed by atoms with E-state index in [1.165, 1.54) is 270 Å². The van der Waals surface area contributed by atoms with Crippen molar-refractivity contribution < 1.29 is 80.2 Å². The number of hydrogen-bond donors (Lipinski definition) is 3. The monoisotopic (exact) mass is 1520 g/mol. The van der Waals surface area contributed by atoms with Crippen molar-refractivity contribution in [1.29, 1.82) is 0 Å². The molecular formula is C85H166O17P2. The molecule has 0 aromatic carbocycles. The molecule has 5 atom stereocenters. The molecule has 0 aromatic heterocycles. The molecule has 618 valence electrons. The second-order valence-electron chi connectivity index (χ2n) is 31.5. The first-order valence-corrected chi connectivity index (χ1v) is 47.0. The lowest BCUT2D eigenvalue weighted by molar-refractivity contribution is -0.161. The van der Waals surface area contributed by atoms with E-state index in [0.717, 1.165) is 102 Å². The summed E-state index contributed by atoms with van der Waals surface area (Å²) >= 11 is 0. The predicted molar refractivity (Wildman–Crippen MR) is 428 cm³/mol. The molecule has 0 saturated heterocycles. The minimum atomic E-state index is -4.97. The van der Waals surface area contributed by atoms with Gasteiger partial charge in [-0.3, -0.25) is 37.3 Å². The van der Waals surface area contributed by atoms with E-state index in [-0.39, 0.29) is 25.7 Å². The number of phosphoric ester groups is 2. The Balaban J connectivity index is 5.22. The fourth-order valence-electron chi connectivity index (χ4n) is 13.2. The van der Waals surface area contributed by atoms with Crippen molar-refractivity contribution in [3.05, 3.63) is 0 Å². The maximum atomic E-state index is 13.1. The molecule has 0 aliphatic heterocycles. The molecular weight excluding hydrogens is 1350 g/mol. The van der Waals surface area contributed by atoms with Crippen LogP contribution in [-0.4, -0.2) is 96.7 Å². The van der Waals surface area contributed by atoms with Crippen LogP contribution in [0, 0.1) is 11.8 Å². The highest BCUT2D eigenvalue weighted by Gasteiger charge is 2.30. The molecule has 0 rings (SSSR count). The fourth-order valence-corrected chi connectivity index (χ4v) is 14.8. The van der Waals surface area contributed by atoms with Crippen molar-refractivity contribution in [1.82, 2.24) is 0 Å². The summed E-state index contributed by atoms with van der Waals surface area (Å²) < 4.78 is 68.8. The molecule has 0 aliphatic rings. The molecule has 0 saturated carbocycles. The number of carbonyl (C=O) groups is 4. The van der Waals surface area contributed by atoms with Gasteiger partial charge in [-0.25, -0.2) is 9.13 Å². The number of rotatable bonds is 84. The van der Waals surface area contributed by atoms with Crippen molar-refractivity contribution in [2.45, 2.75) is 471 Å². The Labute approximate surface area is 638 Å². The van der Waals surface area contributed by atoms with Gasteiger partial charge in [0.1, 0.15) is 19.3 Å². The van der Waals surface area contributed by atoms with Crippen LogP contribution in [0.5, 0.6) is 0 Å². The first-order valence-electron chi connectivity index (χ1n) is 44.0. The van der Waals surface area contributed by atoms with Crippen molar-refractivity contribution >= 4 is 39.5 Å². The Kier molecular flexibility index (Phi) is 75.0. The number of phosphoric acid groups is 2. The van der Waals surface area contributed by atoms with Crippen LogP contribution in [0.1, 0.15) is 452 Å². The second-order valence-corrected chi connectivity index (χ2v) is 34.4. The third-order valence-corrected chi connectivity index (χ3v) is 21.9. The van der Waals surface area contributed by atoms with E-state index < -0.39 is 97.5 Å². The van der Waals surface area contributed by atoms with Gasteiger partial charge in [-0.1, -0.05) is 401 Å². The van der Waals surface area contributed by atoms with Gasteiger partial charge in [-0.15, -0.1) is 0 Å². The maximum Gasteiger partial charge on any atom is 0.472 e. The van der Waals surface area contributed by atoms with Crippen LogP contribution in [0.3, 0.4) is 0 Å². The van der Waals surface area contributed by atoms with E-state index in [2.05, 4.69) is 41.5 Å². The first-order chi connectivity index (χ1) is 50.4. The summed E-state index contributed by atoms with van der Waals surface area (Å²) in [5, 5.41) is 10.7. The van der Waals surface area contributed by atoms with Gasteiger partial charge in [0.15, 0.2) is 12.2 Å². The zero-order valence-electron chi connectivity index (χ0n) is 68.3. The number of carbonyl (C=O) groups excluding carboxylic acids is 4. The summed E-state index contributed by atoms with van der Waals surface area (Å²) in [7, 11) is -9.92. The van der Waals surface area contributed by atoms with E-state index in [0.29, 0.717) is 25.7 Å². The van der Waals surface area contributed by atoms with Crippen molar-refractivity contribution in [2.24, 2.45) is 11.8 Å². The highest BCUT2D eigenvalue weighted by Crippen LogP contribution is 2.45. The van der Waals surface area contributed by atoms with E-state index in [4.69, 9.17) is 37.0 Å². The molecule has 0 amide bonds. The number of aliphatic hydroxyl groups is 1. The number of ether oxygens (including phenoxy) is 4. The Morgan fingerprint density at radius 3 is 0.654 bits per heavy atom. The molecule has 0 spiro atoms. The average Bonchev–Trinajstić information content (AvgIpc) is 0.908. The third kappa shape index (κ3) is 78.2. The minimum Gasteiger partial charge on any atom is -0.462 e. The lowest BCUT2D eigenvalue weighted by Gasteiger charge is -2.21. The van der Waals surface area contributed by atoms with Crippen LogP contribution in [0.25, 0.3) is 0 Å². The van der Waals surface area contributed by atoms with E-state index in [1.807, 2.05) is 0 Å². The van der Waals surface area contributed by atoms with Crippen LogP contribution in [0.4, 0.5) is 0 Å². The average molecular weight is 1520 g/mol. The molecule has 0 fully saturated rings. The van der Waals surface area contributed by atoms with Crippen molar-refractivity contribution in [3.8, 4) is 0 Å². The number of unbranched alkanes of at least 4 members (excludes halogenated alkanes) is 54. The predicted octanol–water partition coefficient (Wildman–Crippen LogP) is 25.8. The summed E-state index contributed by atoms with van der Waals surface area (Å²) in [5.41, 5.74) is 0. The van der Waals surface area contributed by atoms with Crippen molar-refractivity contribution in [2.75, 3.05) is 39.6 Å². The Bertz CT molecular complexity index is 1990. The SMILES string of the molecule is CCCCCCCCCCCCCCCCCCCCCC(=O)OC[C@H](COP(=O)(O)OC[C@@H](O)COP(=O)(O)OC[C@@H](COC(=O)CCCCCCCCCCCCC)OC(=O)CCCCCCCCCCCCC(C)C)OC(=O)CCCCCCCCCCCCCCCCCCCCC(C)C. The molecule has 104 heavy (non-hydrogen) atoms. The highest BCUT2D eigenvalue weighted by atomic mass is 31.2. The summed E-state index contributed by atoms with van der Waals surface area (Å²) in [6.07, 6.45) is 68.1. The Hall–Kier alpha value is -1.94. The molecule has 0 aromatic rings. The van der Waals surface area contributed by atoms with Crippen LogP contribution in [0.15, 0.2) is 0 Å². The van der Waals surface area contributed by atoms with Crippen LogP contribution >= 0.6 is 15.6 Å². The van der Waals surface area contributed by atoms with Crippen LogP contribution < -0.4 is 0 Å². The molecule has 0 aliphatic carbocycles. The van der Waals surface area contributed by atoms with Gasteiger partial charge in [-0.2, -0.15) is 0 Å². The number of aliphatic hydroxyl groups excluding tert-OH is 1. The topological polar surface area (TPSA) is 237 Å². The van der Waals surface area contributed by atoms with Gasteiger partial charge in [0, 0.05) is 25.7 Å². The smallest absolute Gasteiger partial charge is 0.462 e. The van der Waals surface area contributed by atoms with Crippen LogP contribution in [0.2, 0.25) is 0 Å². The van der Waals surface area contributed by atoms with E-state index >= 15 is 0 Å². The Morgan fingerprint density at radius 1 is 0.260 bits per heavy atom. The van der Waals surface area contributed by atoms with Gasteiger partial charge in [0.25, 0.3) is 0 Å². The minimum absolute atomic E-state index is 0.107. The molecule has 19 heteroatoms. The molecule has 0 radical (unpaired) electrons. The van der Waals surface area contributed by atoms with Gasteiger partial charge >= 0.3 is 39.5 Å². The second kappa shape index (κ2) is 76.4. The first kappa shape index (κ1) is 102. The standard InChI is InChI=1S/C85H166O17P2/c1-7-9-11-13-15-17-19-20-21-22-23-27-30-33-37-44-50-56-62-68-83(88)96-74-80(101-84(89)69-63-57-51-45-38-34-31-28-25-24-26-29-32-36-41-47-53-59-65-77(3)4)75-99-103(91,92)97-71-79(86)72-98-104(93,94)100-76-81(73-95-82(87)67-61-55-49-43-35-18-16-14-12-10-8-2)102-85(90)70-64-58-52-46-40-39-42-48-54-60-66-78(5)6/h77-81,86H,7-76H2,1-6H3,(H,91,92)(H,93,94)/t79-,80-,81-/m1/s1. The summed E-state index contributed by atoms with van der Waals surface area (Å²) in [6, 6.07) is 0. The normalized spacial score (nSPS) is 13.8. The maximum absolute atomic E-state index is 13.1. The molecule has 0 bridgehead atoms. The molecule has 17 nitrogen and oxygen atoms in total. The van der Waals surface area contributed by atoms with Gasteiger partial charge in [0.2, 0.25) is 0 Å². The van der Waals surface area contributed by atoms with Gasteiger partial charge in [-0.05, 0) is 37.5 Å². The lowest BCUT2D eigenvalue weighted by atomic mass is 10.0. The Morgan fingerprint density at radius 2 is 0.442 bits per heavy atom. The molecule has 3 N–H and O–H groups in total. The van der Waals surface area contributed by atoms with Gasteiger partial charge in [0.05, 0.1) is 26.4 Å². The molecule has 2 unspecified atom stereocenters. The quantitative estimate of drug-likeness (QED) is 0.0222. The summed E-state index contributed by atoms with van der Waals surface area (Å²) in [6.45, 7) is 9.68. The number of hydrogen-bond acceptors (Lipinski definition) is 15. The van der Waals surface area contributed by atoms with Gasteiger partial charge < -0.3 is 33.8 Å². The lowest BCUT2D eigenvalue weighted by Crippen LogP contribution is -2.30. The van der Waals surface area contributed by atoms with Crippen LogP contribution in [-0.2, 0) is 65.4 Å². The number of esters is 4. The summed E-state index contributed by atoms with van der Waals surface area (Å²) in [4.78, 5) is 73.2. The van der Waals surface area contributed by atoms with Crippen molar-refractivity contribution in [3.63, 3.8) is 0 Å². The fraction of sp³-hybridized carbons (Fsp3) is 0.953. The molecule has 0 heterocycles. The zero-order valence-corrected chi connectivity index (χ0v) is 70.1. The highest BCUT2D eigenvalue weighted by molar-refractivity contribution is 7.47. The summed E-state index contributed by atoms with van der Waals surface area (Å²) in [5.74, 6) is -0.531. The van der Waals surface area contributed by atoms with E-state index in [9.17, 15) is 43.2 Å². The zero-order chi connectivity index (χ0) is 76.4. The largest absolute Gasteiger partial charge is 0.472 e.